The van der Waals surface area contributed by atoms with Gasteiger partial charge in [-0.05, 0) is 36.0 Å². The number of phenolic OH excluding ortho intramolecular Hbond substituents is 1. The molecule has 0 aliphatic heterocycles. The molecule has 0 saturated heterocycles. The van der Waals surface area contributed by atoms with Crippen LogP contribution in [0, 0.1) is 5.92 Å². The number of Topliss-reactive ketones (excluding diaryl/α,β-unsaturated/α-hetero) is 1. The Morgan fingerprint density at radius 1 is 0.926 bits per heavy atom. The van der Waals surface area contributed by atoms with Crippen LogP contribution in [-0.2, 0) is 4.79 Å². The minimum Gasteiger partial charge on any atom is -0.507 e. The Hall–Kier alpha value is -2.09. The predicted octanol–water partition coefficient (Wildman–Crippen LogP) is 6.87. The van der Waals surface area contributed by atoms with E-state index in [1.165, 1.54) is 44.9 Å². The quantitative estimate of drug-likeness (QED) is 0.493. The van der Waals surface area contributed by atoms with Crippen molar-refractivity contribution in [1.29, 1.82) is 0 Å². The average molecular weight is 365 g/mol. The molecule has 0 heterocycles. The maximum absolute atomic E-state index is 12.5. The van der Waals surface area contributed by atoms with Crippen molar-refractivity contribution in [1.82, 2.24) is 0 Å². The molecule has 2 atom stereocenters. The van der Waals surface area contributed by atoms with Crippen molar-refractivity contribution in [3.05, 3.63) is 54.1 Å². The summed E-state index contributed by atoms with van der Waals surface area (Å²) in [7, 11) is 0. The van der Waals surface area contributed by atoms with E-state index in [4.69, 9.17) is 0 Å². The lowest BCUT2D eigenvalue weighted by Crippen LogP contribution is -2.03. The first-order valence-corrected chi connectivity index (χ1v) is 10.6. The van der Waals surface area contributed by atoms with Crippen LogP contribution in [0.15, 0.2) is 48.5 Å². The molecule has 0 amide bonds. The standard InChI is InChI=1S/C25H32O2/c1-2-3-4-5-6-7-10-19-17-23(25(27)18-19)21-15-13-20(14-16-21)22-11-8-9-12-24(22)26/h8-9,11-16,19,23,26H,2-7,10,17-18H2,1H3. The van der Waals surface area contributed by atoms with E-state index in [1.807, 2.05) is 30.3 Å². The summed E-state index contributed by atoms with van der Waals surface area (Å²) in [6.45, 7) is 2.25. The van der Waals surface area contributed by atoms with Crippen LogP contribution in [0.2, 0.25) is 0 Å². The minimum absolute atomic E-state index is 0.0634. The van der Waals surface area contributed by atoms with Crippen molar-refractivity contribution < 1.29 is 9.90 Å². The van der Waals surface area contributed by atoms with Crippen LogP contribution >= 0.6 is 0 Å². The molecule has 1 fully saturated rings. The van der Waals surface area contributed by atoms with Gasteiger partial charge in [-0.15, -0.1) is 0 Å². The minimum atomic E-state index is 0.0634. The highest BCUT2D eigenvalue weighted by atomic mass is 16.3. The van der Waals surface area contributed by atoms with Crippen molar-refractivity contribution in [2.45, 2.75) is 70.6 Å². The van der Waals surface area contributed by atoms with Crippen molar-refractivity contribution in [2.24, 2.45) is 5.92 Å². The molecular formula is C25H32O2. The first kappa shape index (κ1) is 19.7. The molecule has 0 bridgehead atoms. The van der Waals surface area contributed by atoms with Gasteiger partial charge in [-0.25, -0.2) is 0 Å². The van der Waals surface area contributed by atoms with E-state index < -0.39 is 0 Å². The number of unbranched alkanes of at least 4 members (excludes halogenated alkanes) is 5. The maximum atomic E-state index is 12.5. The third kappa shape index (κ3) is 5.22. The van der Waals surface area contributed by atoms with Gasteiger partial charge in [-0.2, -0.15) is 0 Å². The highest BCUT2D eigenvalue weighted by Gasteiger charge is 2.32. The van der Waals surface area contributed by atoms with Crippen LogP contribution in [0.5, 0.6) is 5.75 Å². The number of ketones is 1. The van der Waals surface area contributed by atoms with Crippen LogP contribution in [0.25, 0.3) is 11.1 Å². The second-order valence-corrected chi connectivity index (χ2v) is 8.02. The second kappa shape index (κ2) is 9.73. The van der Waals surface area contributed by atoms with Crippen LogP contribution < -0.4 is 0 Å². The molecule has 3 rings (SSSR count). The van der Waals surface area contributed by atoms with Crippen LogP contribution in [0.3, 0.4) is 0 Å². The molecule has 1 N–H and O–H groups in total. The van der Waals surface area contributed by atoms with Crippen LogP contribution in [0.1, 0.15) is 76.2 Å². The number of carbonyl (C=O) groups excluding carboxylic acids is 1. The Bertz CT molecular complexity index is 732. The fourth-order valence-corrected chi connectivity index (χ4v) is 4.34. The molecule has 1 aliphatic rings. The molecular weight excluding hydrogens is 332 g/mol. The molecule has 1 saturated carbocycles. The molecule has 2 nitrogen and oxygen atoms in total. The van der Waals surface area contributed by atoms with Gasteiger partial charge in [0.25, 0.3) is 0 Å². The van der Waals surface area contributed by atoms with E-state index in [0.29, 0.717) is 17.5 Å². The number of phenols is 1. The average Bonchev–Trinajstić information content (AvgIpc) is 3.06. The normalized spacial score (nSPS) is 19.5. The largest absolute Gasteiger partial charge is 0.507 e. The highest BCUT2D eigenvalue weighted by Crippen LogP contribution is 2.39. The zero-order chi connectivity index (χ0) is 19.1. The number of benzene rings is 2. The third-order valence-electron chi connectivity index (χ3n) is 5.94. The monoisotopic (exact) mass is 364 g/mol. The fourth-order valence-electron chi connectivity index (χ4n) is 4.34. The summed E-state index contributed by atoms with van der Waals surface area (Å²) in [5.74, 6) is 1.32. The molecule has 144 valence electrons. The van der Waals surface area contributed by atoms with Gasteiger partial charge >= 0.3 is 0 Å². The second-order valence-electron chi connectivity index (χ2n) is 8.02. The van der Waals surface area contributed by atoms with Crippen molar-refractivity contribution in [3.8, 4) is 16.9 Å². The van der Waals surface area contributed by atoms with E-state index in [-0.39, 0.29) is 5.92 Å². The van der Waals surface area contributed by atoms with E-state index >= 15 is 0 Å². The molecule has 27 heavy (non-hydrogen) atoms. The summed E-state index contributed by atoms with van der Waals surface area (Å²) < 4.78 is 0. The zero-order valence-electron chi connectivity index (χ0n) is 16.5. The SMILES string of the molecule is CCCCCCCCC1CC(=O)C(c2ccc(-c3ccccc3O)cc2)C1. The summed E-state index contributed by atoms with van der Waals surface area (Å²) in [6.07, 6.45) is 10.9. The van der Waals surface area contributed by atoms with Gasteiger partial charge in [0.15, 0.2) is 0 Å². The number of para-hydroxylation sites is 1. The van der Waals surface area contributed by atoms with Crippen molar-refractivity contribution in [2.75, 3.05) is 0 Å². The lowest BCUT2D eigenvalue weighted by atomic mass is 9.92. The lowest BCUT2D eigenvalue weighted by molar-refractivity contribution is -0.118. The molecule has 2 unspecified atom stereocenters. The van der Waals surface area contributed by atoms with Crippen LogP contribution in [0.4, 0.5) is 0 Å². The first-order chi connectivity index (χ1) is 13.2. The van der Waals surface area contributed by atoms with Gasteiger partial charge in [0.2, 0.25) is 0 Å². The van der Waals surface area contributed by atoms with E-state index in [9.17, 15) is 9.90 Å². The number of hydrogen-bond donors (Lipinski definition) is 1. The number of aromatic hydroxyl groups is 1. The summed E-state index contributed by atoms with van der Waals surface area (Å²) in [4.78, 5) is 12.5. The third-order valence-corrected chi connectivity index (χ3v) is 5.94. The Morgan fingerprint density at radius 3 is 2.37 bits per heavy atom. The number of carbonyl (C=O) groups is 1. The molecule has 0 spiro atoms. The number of hydrogen-bond acceptors (Lipinski definition) is 2. The Labute approximate surface area is 163 Å². The smallest absolute Gasteiger partial charge is 0.140 e. The van der Waals surface area contributed by atoms with Gasteiger partial charge in [0.05, 0.1) is 0 Å². The summed E-state index contributed by atoms with van der Waals surface area (Å²) >= 11 is 0. The van der Waals surface area contributed by atoms with E-state index in [2.05, 4.69) is 19.1 Å². The van der Waals surface area contributed by atoms with E-state index in [0.717, 1.165) is 29.5 Å². The summed E-state index contributed by atoms with van der Waals surface area (Å²) in [5, 5.41) is 10.0. The zero-order valence-corrected chi connectivity index (χ0v) is 16.5. The van der Waals surface area contributed by atoms with E-state index in [1.54, 1.807) is 6.07 Å². The topological polar surface area (TPSA) is 37.3 Å². The molecule has 2 aromatic carbocycles. The van der Waals surface area contributed by atoms with Gasteiger partial charge in [-0.3, -0.25) is 4.79 Å². The summed E-state index contributed by atoms with van der Waals surface area (Å²) in [5.41, 5.74) is 2.96. The Balaban J connectivity index is 1.54. The fraction of sp³-hybridized carbons (Fsp3) is 0.480. The Kier molecular flexibility index (Phi) is 7.09. The summed E-state index contributed by atoms with van der Waals surface area (Å²) in [6, 6.07) is 15.6. The van der Waals surface area contributed by atoms with Crippen molar-refractivity contribution in [3.63, 3.8) is 0 Å². The lowest BCUT2D eigenvalue weighted by Gasteiger charge is -2.12. The molecule has 2 aromatic rings. The van der Waals surface area contributed by atoms with Crippen molar-refractivity contribution >= 4 is 5.78 Å². The molecule has 0 radical (unpaired) electrons. The van der Waals surface area contributed by atoms with Gasteiger partial charge < -0.3 is 5.11 Å². The predicted molar refractivity (Wildman–Crippen MR) is 112 cm³/mol. The van der Waals surface area contributed by atoms with Crippen LogP contribution in [-0.4, -0.2) is 10.9 Å². The number of rotatable bonds is 9. The molecule has 0 aromatic heterocycles. The molecule has 2 heteroatoms. The van der Waals surface area contributed by atoms with Gasteiger partial charge in [0.1, 0.15) is 11.5 Å². The Morgan fingerprint density at radius 2 is 1.63 bits per heavy atom. The van der Waals surface area contributed by atoms with Gasteiger partial charge in [0, 0.05) is 17.9 Å². The molecule has 1 aliphatic carbocycles. The maximum Gasteiger partial charge on any atom is 0.140 e. The highest BCUT2D eigenvalue weighted by molar-refractivity contribution is 5.88. The van der Waals surface area contributed by atoms with Gasteiger partial charge in [-0.1, -0.05) is 87.9 Å². The first-order valence-electron chi connectivity index (χ1n) is 10.6.